The molecule has 4 N–H and O–H groups in total. The maximum atomic E-state index is 12.7. The van der Waals surface area contributed by atoms with Gasteiger partial charge in [0.25, 0.3) is 5.91 Å². The lowest BCUT2D eigenvalue weighted by atomic mass is 9.86. The Morgan fingerprint density at radius 3 is 2.76 bits per heavy atom. The van der Waals surface area contributed by atoms with Crippen LogP contribution in [0.4, 0.5) is 0 Å². The van der Waals surface area contributed by atoms with Crippen molar-refractivity contribution in [1.82, 2.24) is 10.6 Å². The van der Waals surface area contributed by atoms with Crippen LogP contribution >= 0.6 is 0 Å². The Kier molecular flexibility index (Phi) is 4.19. The van der Waals surface area contributed by atoms with Gasteiger partial charge in [0, 0.05) is 37.1 Å². The fourth-order valence-corrected chi connectivity index (χ4v) is 3.76. The summed E-state index contributed by atoms with van der Waals surface area (Å²) >= 11 is 0. The van der Waals surface area contributed by atoms with Crippen molar-refractivity contribution < 1.29 is 9.53 Å². The minimum absolute atomic E-state index is 0.0495. The molecular formula is C20H23N3O2. The molecule has 1 fully saturated rings. The molecule has 0 bridgehead atoms. The number of benzene rings is 2. The van der Waals surface area contributed by atoms with E-state index in [9.17, 15) is 4.79 Å². The summed E-state index contributed by atoms with van der Waals surface area (Å²) in [6, 6.07) is 15.4. The lowest BCUT2D eigenvalue weighted by Gasteiger charge is -2.39. The molecule has 2 unspecified atom stereocenters. The zero-order chi connectivity index (χ0) is 17.3. The van der Waals surface area contributed by atoms with E-state index in [4.69, 9.17) is 10.5 Å². The summed E-state index contributed by atoms with van der Waals surface area (Å²) in [6.45, 7) is 2.24. The second-order valence-corrected chi connectivity index (χ2v) is 6.88. The normalized spacial score (nSPS) is 24.6. The number of hydrogen-bond acceptors (Lipinski definition) is 4. The van der Waals surface area contributed by atoms with Gasteiger partial charge in [-0.2, -0.15) is 0 Å². The Morgan fingerprint density at radius 2 is 2.04 bits per heavy atom. The summed E-state index contributed by atoms with van der Waals surface area (Å²) < 4.78 is 6.30. The lowest BCUT2D eigenvalue weighted by molar-refractivity contribution is 0.0474. The molecule has 0 aliphatic carbocycles. The number of carbonyl (C=O) groups excluding carboxylic acids is 1. The molecule has 0 saturated carbocycles. The number of nitrogens with one attached hydrogen (secondary N) is 2. The van der Waals surface area contributed by atoms with E-state index in [2.05, 4.69) is 10.6 Å². The molecule has 2 aromatic carbocycles. The van der Waals surface area contributed by atoms with Gasteiger partial charge in [-0.05, 0) is 30.3 Å². The minimum atomic E-state index is -0.226. The molecule has 1 amide bonds. The first-order valence-corrected chi connectivity index (χ1v) is 8.78. The molecule has 0 radical (unpaired) electrons. The molecule has 2 aliphatic rings. The third kappa shape index (κ3) is 3.13. The number of fused-ring (bicyclic) bond motifs is 1. The first-order chi connectivity index (χ1) is 12.2. The van der Waals surface area contributed by atoms with Crippen LogP contribution in [0.3, 0.4) is 0 Å². The summed E-state index contributed by atoms with van der Waals surface area (Å²) in [7, 11) is 0. The molecule has 4 rings (SSSR count). The van der Waals surface area contributed by atoms with Gasteiger partial charge in [-0.25, -0.2) is 0 Å². The van der Waals surface area contributed by atoms with Crippen molar-refractivity contribution in [3.05, 3.63) is 65.2 Å². The fraction of sp³-hybridized carbons (Fsp3) is 0.350. The van der Waals surface area contributed by atoms with E-state index in [-0.39, 0.29) is 17.6 Å². The van der Waals surface area contributed by atoms with Crippen molar-refractivity contribution in [2.24, 2.45) is 5.73 Å². The number of rotatable bonds is 3. The van der Waals surface area contributed by atoms with E-state index in [1.807, 2.05) is 48.5 Å². The third-order valence-corrected chi connectivity index (χ3v) is 5.16. The van der Waals surface area contributed by atoms with Gasteiger partial charge in [0.05, 0.1) is 6.04 Å². The fourth-order valence-electron chi connectivity index (χ4n) is 3.76. The van der Waals surface area contributed by atoms with E-state index in [1.165, 1.54) is 0 Å². The largest absolute Gasteiger partial charge is 0.485 e. The van der Waals surface area contributed by atoms with Gasteiger partial charge >= 0.3 is 0 Å². The molecule has 1 spiro atoms. The Balaban J connectivity index is 1.58. The van der Waals surface area contributed by atoms with Crippen molar-refractivity contribution >= 4 is 5.91 Å². The summed E-state index contributed by atoms with van der Waals surface area (Å²) in [5, 5.41) is 6.58. The van der Waals surface area contributed by atoms with Crippen molar-refractivity contribution in [2.45, 2.75) is 31.0 Å². The molecular weight excluding hydrogens is 314 g/mol. The van der Waals surface area contributed by atoms with Crippen LogP contribution < -0.4 is 21.1 Å². The van der Waals surface area contributed by atoms with Gasteiger partial charge in [-0.1, -0.05) is 30.3 Å². The SMILES string of the molecule is NCc1ccc(C(=O)NC2CC3(CCNC3)Oc3ccccc32)cc1. The summed E-state index contributed by atoms with van der Waals surface area (Å²) in [5.41, 5.74) is 8.12. The Morgan fingerprint density at radius 1 is 1.24 bits per heavy atom. The highest BCUT2D eigenvalue weighted by atomic mass is 16.5. The number of amides is 1. The predicted molar refractivity (Wildman–Crippen MR) is 96.4 cm³/mol. The molecule has 2 aromatic rings. The molecule has 5 nitrogen and oxygen atoms in total. The first kappa shape index (κ1) is 16.1. The van der Waals surface area contributed by atoms with Gasteiger partial charge in [0.15, 0.2) is 0 Å². The zero-order valence-electron chi connectivity index (χ0n) is 14.1. The minimum Gasteiger partial charge on any atom is -0.485 e. The number of carbonyl (C=O) groups is 1. The standard InChI is InChI=1S/C20H23N3O2/c21-12-14-5-7-15(8-6-14)19(24)23-17-11-20(9-10-22-13-20)25-18-4-2-1-3-16(17)18/h1-8,17,22H,9-13,21H2,(H,23,24). The highest BCUT2D eigenvalue weighted by molar-refractivity contribution is 5.94. The van der Waals surface area contributed by atoms with Crippen molar-refractivity contribution in [1.29, 1.82) is 0 Å². The van der Waals surface area contributed by atoms with Crippen LogP contribution in [0, 0.1) is 0 Å². The molecule has 1 saturated heterocycles. The van der Waals surface area contributed by atoms with Gasteiger partial charge in [-0.15, -0.1) is 0 Å². The highest BCUT2D eigenvalue weighted by Gasteiger charge is 2.43. The topological polar surface area (TPSA) is 76.4 Å². The Labute approximate surface area is 147 Å². The van der Waals surface area contributed by atoms with Crippen LogP contribution in [0.2, 0.25) is 0 Å². The molecule has 2 aliphatic heterocycles. The van der Waals surface area contributed by atoms with Gasteiger partial charge in [0.1, 0.15) is 11.4 Å². The molecule has 2 atom stereocenters. The number of para-hydroxylation sites is 1. The van der Waals surface area contributed by atoms with Gasteiger partial charge in [0.2, 0.25) is 0 Å². The lowest BCUT2D eigenvalue weighted by Crippen LogP contribution is -2.46. The molecule has 2 heterocycles. The van der Waals surface area contributed by atoms with E-state index in [0.717, 1.165) is 42.8 Å². The average Bonchev–Trinajstić information content (AvgIpc) is 3.09. The smallest absolute Gasteiger partial charge is 0.251 e. The molecule has 130 valence electrons. The van der Waals surface area contributed by atoms with Gasteiger partial charge < -0.3 is 21.1 Å². The predicted octanol–water partition coefficient (Wildman–Crippen LogP) is 2.13. The van der Waals surface area contributed by atoms with Crippen molar-refractivity contribution in [2.75, 3.05) is 13.1 Å². The number of nitrogens with two attached hydrogens (primary N) is 1. The van der Waals surface area contributed by atoms with Crippen molar-refractivity contribution in [3.8, 4) is 5.75 Å². The maximum absolute atomic E-state index is 12.7. The zero-order valence-corrected chi connectivity index (χ0v) is 14.1. The Hall–Kier alpha value is -2.37. The van der Waals surface area contributed by atoms with Gasteiger partial charge in [-0.3, -0.25) is 4.79 Å². The quantitative estimate of drug-likeness (QED) is 0.802. The third-order valence-electron chi connectivity index (χ3n) is 5.16. The van der Waals surface area contributed by atoms with Crippen molar-refractivity contribution in [3.63, 3.8) is 0 Å². The number of hydrogen-bond donors (Lipinski definition) is 3. The first-order valence-electron chi connectivity index (χ1n) is 8.78. The van der Waals surface area contributed by atoms with Crippen LogP contribution in [0.5, 0.6) is 5.75 Å². The van der Waals surface area contributed by atoms with E-state index >= 15 is 0 Å². The summed E-state index contributed by atoms with van der Waals surface area (Å²) in [6.07, 6.45) is 1.74. The monoisotopic (exact) mass is 337 g/mol. The second kappa shape index (κ2) is 6.50. The molecule has 5 heteroatoms. The van der Waals surface area contributed by atoms with Crippen LogP contribution in [-0.4, -0.2) is 24.6 Å². The van der Waals surface area contributed by atoms with E-state index in [0.29, 0.717) is 12.1 Å². The average molecular weight is 337 g/mol. The van der Waals surface area contributed by atoms with E-state index < -0.39 is 0 Å². The maximum Gasteiger partial charge on any atom is 0.251 e. The molecule has 25 heavy (non-hydrogen) atoms. The van der Waals surface area contributed by atoms with Crippen LogP contribution in [0.15, 0.2) is 48.5 Å². The van der Waals surface area contributed by atoms with E-state index in [1.54, 1.807) is 0 Å². The summed E-state index contributed by atoms with van der Waals surface area (Å²) in [5.74, 6) is 0.813. The van der Waals surface area contributed by atoms with Crippen LogP contribution in [0.25, 0.3) is 0 Å². The Bertz CT molecular complexity index is 767. The molecule has 0 aromatic heterocycles. The second-order valence-electron chi connectivity index (χ2n) is 6.88. The highest BCUT2D eigenvalue weighted by Crippen LogP contribution is 2.42. The number of ether oxygens (including phenoxy) is 1. The van der Waals surface area contributed by atoms with Crippen LogP contribution in [-0.2, 0) is 6.54 Å². The summed E-state index contributed by atoms with van der Waals surface area (Å²) in [4.78, 5) is 12.7. The van der Waals surface area contributed by atoms with Crippen LogP contribution in [0.1, 0.15) is 40.4 Å².